The van der Waals surface area contributed by atoms with Crippen molar-refractivity contribution in [2.45, 2.75) is 77.5 Å². The van der Waals surface area contributed by atoms with Gasteiger partial charge in [0.1, 0.15) is 28.4 Å². The minimum atomic E-state index is -4.71. The average Bonchev–Trinajstić information content (AvgIpc) is 3.98. The fourth-order valence-electron chi connectivity index (χ4n) is 8.01. The number of alkyl halides is 5. The average molecular weight is 804 g/mol. The zero-order valence-electron chi connectivity index (χ0n) is 31.4. The molecule has 2 saturated heterocycles. The molecule has 0 unspecified atom stereocenters. The van der Waals surface area contributed by atoms with Crippen molar-refractivity contribution in [3.05, 3.63) is 88.5 Å². The molecule has 0 aliphatic carbocycles. The number of fused-ring (bicyclic) bond motifs is 2. The van der Waals surface area contributed by atoms with Crippen molar-refractivity contribution in [2.75, 3.05) is 13.1 Å². The minimum Gasteiger partial charge on any atom is -0.480 e. The number of aromatic nitrogens is 2. The molecule has 0 radical (unpaired) electrons. The highest BCUT2D eigenvalue weighted by molar-refractivity contribution is 5.86. The summed E-state index contributed by atoms with van der Waals surface area (Å²) in [6, 6.07) is 15.6. The van der Waals surface area contributed by atoms with E-state index in [-0.39, 0.29) is 59.3 Å². The zero-order valence-corrected chi connectivity index (χ0v) is 31.4. The van der Waals surface area contributed by atoms with Gasteiger partial charge in [-0.3, -0.25) is 14.5 Å². The summed E-state index contributed by atoms with van der Waals surface area (Å²) in [7, 11) is 0. The molecule has 2 atom stereocenters. The summed E-state index contributed by atoms with van der Waals surface area (Å²) in [6.07, 6.45) is -2.52. The van der Waals surface area contributed by atoms with E-state index in [2.05, 4.69) is 15.6 Å². The van der Waals surface area contributed by atoms with E-state index in [0.717, 1.165) is 22.8 Å². The van der Waals surface area contributed by atoms with Crippen LogP contribution in [0.25, 0.3) is 56.2 Å². The maximum atomic E-state index is 14.4. The number of benzene rings is 4. The van der Waals surface area contributed by atoms with Crippen LogP contribution in [0.15, 0.2) is 69.5 Å². The molecular formula is C42H38F5N5O6. The second-order valence-electron chi connectivity index (χ2n) is 14.7. The molecule has 4 heterocycles. The van der Waals surface area contributed by atoms with E-state index in [4.69, 9.17) is 18.6 Å². The first-order valence-corrected chi connectivity index (χ1v) is 18.8. The molecule has 302 valence electrons. The van der Waals surface area contributed by atoms with Crippen LogP contribution in [0.4, 0.5) is 22.0 Å². The largest absolute Gasteiger partial charge is 0.480 e. The Balaban J connectivity index is 1.11. The first kappa shape index (κ1) is 39.0. The lowest BCUT2D eigenvalue weighted by Crippen LogP contribution is -2.35. The predicted molar refractivity (Wildman–Crippen MR) is 203 cm³/mol. The molecule has 4 aromatic carbocycles. The lowest BCUT2D eigenvalue weighted by Gasteiger charge is -2.22. The van der Waals surface area contributed by atoms with Crippen LogP contribution in [0.5, 0.6) is 5.75 Å². The van der Waals surface area contributed by atoms with Gasteiger partial charge in [0.05, 0.1) is 0 Å². The molecule has 0 spiro atoms. The first-order chi connectivity index (χ1) is 27.7. The van der Waals surface area contributed by atoms with E-state index in [9.17, 15) is 36.6 Å². The maximum absolute atomic E-state index is 14.4. The van der Waals surface area contributed by atoms with Crippen LogP contribution in [0, 0.1) is 13.8 Å². The van der Waals surface area contributed by atoms with Gasteiger partial charge in [-0.15, -0.1) is 0 Å². The SMILES string of the molecule is Cc1c(-c2nc3cc(CN4CCC[C@H]4C(=O)O)c(OC(F)F)cc3o2)cccc1-c1cccc(-c2nc3cc(CNC[C@@H]4CCC(=O)N4)cc(C(F)(F)F)c3o2)c1C. The Morgan fingerprint density at radius 1 is 0.966 bits per heavy atom. The van der Waals surface area contributed by atoms with E-state index >= 15 is 0 Å². The fraction of sp³-hybridized carbons (Fsp3) is 0.333. The Morgan fingerprint density at radius 3 is 2.28 bits per heavy atom. The molecular weight excluding hydrogens is 765 g/mol. The molecule has 2 aliphatic rings. The first-order valence-electron chi connectivity index (χ1n) is 18.8. The van der Waals surface area contributed by atoms with Crippen molar-refractivity contribution in [3.63, 3.8) is 0 Å². The summed E-state index contributed by atoms with van der Waals surface area (Å²) in [4.78, 5) is 34.3. The van der Waals surface area contributed by atoms with Gasteiger partial charge in [-0.25, -0.2) is 9.97 Å². The second kappa shape index (κ2) is 15.5. The van der Waals surface area contributed by atoms with Gasteiger partial charge in [0.2, 0.25) is 17.7 Å². The van der Waals surface area contributed by atoms with Crippen molar-refractivity contribution in [2.24, 2.45) is 0 Å². The summed E-state index contributed by atoms with van der Waals surface area (Å²) in [5.74, 6) is -0.927. The monoisotopic (exact) mass is 803 g/mol. The van der Waals surface area contributed by atoms with E-state index < -0.39 is 30.4 Å². The summed E-state index contributed by atoms with van der Waals surface area (Å²) >= 11 is 0. The summed E-state index contributed by atoms with van der Waals surface area (Å²) in [5, 5.41) is 15.6. The number of amides is 1. The van der Waals surface area contributed by atoms with Gasteiger partial charge in [0, 0.05) is 54.9 Å². The van der Waals surface area contributed by atoms with Gasteiger partial charge in [0.25, 0.3) is 0 Å². The highest BCUT2D eigenvalue weighted by atomic mass is 19.4. The van der Waals surface area contributed by atoms with Crippen molar-refractivity contribution >= 4 is 34.1 Å². The number of hydrogen-bond acceptors (Lipinski definition) is 9. The number of likely N-dealkylation sites (tertiary alicyclic amines) is 1. The molecule has 2 fully saturated rings. The van der Waals surface area contributed by atoms with Crippen LogP contribution in [-0.2, 0) is 28.9 Å². The van der Waals surface area contributed by atoms with Crippen LogP contribution in [-0.4, -0.2) is 63.6 Å². The quantitative estimate of drug-likeness (QED) is 0.103. The summed E-state index contributed by atoms with van der Waals surface area (Å²) in [5.41, 5.74) is 4.11. The number of halogens is 5. The lowest BCUT2D eigenvalue weighted by atomic mass is 9.91. The van der Waals surface area contributed by atoms with E-state index in [0.29, 0.717) is 72.1 Å². The molecule has 2 aliphatic heterocycles. The standard InChI is InChI=1S/C42H38F5N5O6/c1-21-26(6-3-8-28(21)38-50-31-16-24(20-52-13-5-10-33(52)40(54)55)34(57-41(43)44)17-35(31)56-38)27-7-4-9-29(22(27)2)39-51-32-15-23(14-30(37(32)58-39)42(45,46)47)18-48-19-25-11-12-36(53)49-25/h3-4,6-9,14-17,25,33,41,48H,5,10-13,18-20H2,1-2H3,(H,49,53)(H,54,55)/t25-,33-/m0/s1. The number of carbonyl (C=O) groups is 2. The number of hydrogen-bond donors (Lipinski definition) is 3. The van der Waals surface area contributed by atoms with Crippen molar-refractivity contribution in [1.82, 2.24) is 25.5 Å². The molecule has 58 heavy (non-hydrogen) atoms. The molecule has 3 N–H and O–H groups in total. The van der Waals surface area contributed by atoms with Crippen LogP contribution >= 0.6 is 0 Å². The molecule has 6 aromatic rings. The second-order valence-corrected chi connectivity index (χ2v) is 14.7. The Morgan fingerprint density at radius 2 is 1.64 bits per heavy atom. The lowest BCUT2D eigenvalue weighted by molar-refractivity contribution is -0.142. The number of aliphatic carboxylic acids is 1. The number of carboxylic acid groups (broad SMARTS) is 1. The topological polar surface area (TPSA) is 143 Å². The van der Waals surface area contributed by atoms with Crippen molar-refractivity contribution < 1.29 is 50.2 Å². The van der Waals surface area contributed by atoms with E-state index in [1.807, 2.05) is 26.0 Å². The number of rotatable bonds is 12. The molecule has 1 amide bonds. The molecule has 0 bridgehead atoms. The van der Waals surface area contributed by atoms with E-state index in [1.54, 1.807) is 41.3 Å². The third-order valence-electron chi connectivity index (χ3n) is 10.9. The normalized spacial score (nSPS) is 17.6. The molecule has 16 heteroatoms. The van der Waals surface area contributed by atoms with Gasteiger partial charge in [0.15, 0.2) is 11.2 Å². The number of oxazole rings is 2. The molecule has 2 aromatic heterocycles. The van der Waals surface area contributed by atoms with Crippen molar-refractivity contribution in [1.29, 1.82) is 0 Å². The zero-order chi connectivity index (χ0) is 40.9. The molecule has 0 saturated carbocycles. The summed E-state index contributed by atoms with van der Waals surface area (Å²) < 4.78 is 86.9. The highest BCUT2D eigenvalue weighted by Crippen LogP contribution is 2.41. The maximum Gasteiger partial charge on any atom is 0.420 e. The Hall–Kier alpha value is -5.87. The van der Waals surface area contributed by atoms with Gasteiger partial charge in [-0.2, -0.15) is 22.0 Å². The number of nitrogens with one attached hydrogen (secondary N) is 2. The number of carbonyl (C=O) groups excluding carboxylic acids is 1. The third kappa shape index (κ3) is 7.73. The van der Waals surface area contributed by atoms with Gasteiger partial charge >= 0.3 is 18.8 Å². The molecule has 11 nitrogen and oxygen atoms in total. The smallest absolute Gasteiger partial charge is 0.420 e. The summed E-state index contributed by atoms with van der Waals surface area (Å²) in [6.45, 7) is 1.69. The van der Waals surface area contributed by atoms with Crippen LogP contribution in [0.2, 0.25) is 0 Å². The van der Waals surface area contributed by atoms with Crippen LogP contribution in [0.3, 0.4) is 0 Å². The Bertz CT molecular complexity index is 2550. The van der Waals surface area contributed by atoms with Crippen LogP contribution in [0.1, 0.15) is 53.5 Å². The predicted octanol–water partition coefficient (Wildman–Crippen LogP) is 8.62. The van der Waals surface area contributed by atoms with E-state index in [1.165, 1.54) is 6.07 Å². The number of carboxylic acids is 1. The minimum absolute atomic E-state index is 0.0209. The van der Waals surface area contributed by atoms with Crippen molar-refractivity contribution in [3.8, 4) is 39.8 Å². The van der Waals surface area contributed by atoms with Gasteiger partial charge in [-0.05, 0) is 97.8 Å². The van der Waals surface area contributed by atoms with Gasteiger partial charge < -0.3 is 29.3 Å². The third-order valence-corrected chi connectivity index (χ3v) is 10.9. The number of nitrogens with zero attached hydrogens (tertiary/aromatic N) is 3. The fourth-order valence-corrected chi connectivity index (χ4v) is 8.01. The Kier molecular flexibility index (Phi) is 10.4. The van der Waals surface area contributed by atoms with Crippen LogP contribution < -0.4 is 15.4 Å². The highest BCUT2D eigenvalue weighted by Gasteiger charge is 2.36. The number of ether oxygens (including phenoxy) is 1. The van der Waals surface area contributed by atoms with Gasteiger partial charge in [-0.1, -0.05) is 24.3 Å². The Labute approximate surface area is 328 Å². The molecule has 8 rings (SSSR count).